The van der Waals surface area contributed by atoms with Gasteiger partial charge >= 0.3 is 0 Å². The van der Waals surface area contributed by atoms with Crippen LogP contribution in [-0.4, -0.2) is 31.7 Å². The van der Waals surface area contributed by atoms with Gasteiger partial charge in [0.2, 0.25) is 5.91 Å². The molecule has 0 spiro atoms. The monoisotopic (exact) mass is 273 g/mol. The highest BCUT2D eigenvalue weighted by Gasteiger charge is 2.48. The van der Waals surface area contributed by atoms with Crippen molar-refractivity contribution >= 4 is 21.7 Å². The molecular weight excluding hydrogens is 261 g/mol. The summed E-state index contributed by atoms with van der Waals surface area (Å²) in [6, 6.07) is 3.74. The molecule has 0 saturated carbocycles. The van der Waals surface area contributed by atoms with Gasteiger partial charge in [0.1, 0.15) is 5.82 Å². The van der Waals surface area contributed by atoms with Crippen LogP contribution in [0.4, 0.5) is 10.1 Å². The smallest absolute Gasteiger partial charge is 0.266 e. The molecule has 18 heavy (non-hydrogen) atoms. The molecule has 7 heteroatoms. The van der Waals surface area contributed by atoms with Gasteiger partial charge in [-0.3, -0.25) is 9.35 Å². The van der Waals surface area contributed by atoms with E-state index in [0.29, 0.717) is 5.69 Å². The molecule has 1 aliphatic rings. The molecule has 0 bridgehead atoms. The van der Waals surface area contributed by atoms with E-state index >= 15 is 0 Å². The van der Waals surface area contributed by atoms with E-state index in [1.165, 1.54) is 31.0 Å². The van der Waals surface area contributed by atoms with Gasteiger partial charge in [0.15, 0.2) is 0 Å². The maximum atomic E-state index is 13.3. The summed E-state index contributed by atoms with van der Waals surface area (Å²) in [7, 11) is -2.87. The number of nitrogens with zero attached hydrogens (tertiary/aromatic N) is 1. The number of fused-ring (bicyclic) bond motifs is 1. The number of halogens is 1. The van der Waals surface area contributed by atoms with Crippen molar-refractivity contribution in [2.24, 2.45) is 0 Å². The van der Waals surface area contributed by atoms with Crippen molar-refractivity contribution in [3.63, 3.8) is 0 Å². The molecule has 1 aliphatic heterocycles. The number of hydrogen-bond acceptors (Lipinski definition) is 3. The highest BCUT2D eigenvalue weighted by molar-refractivity contribution is 7.85. The zero-order valence-electron chi connectivity index (χ0n) is 9.84. The lowest BCUT2D eigenvalue weighted by atomic mass is 9.86. The Morgan fingerprint density at radius 1 is 1.44 bits per heavy atom. The molecule has 5 nitrogen and oxygen atoms in total. The van der Waals surface area contributed by atoms with Crippen molar-refractivity contribution in [2.45, 2.75) is 12.3 Å². The van der Waals surface area contributed by atoms with E-state index in [0.717, 1.165) is 6.07 Å². The molecule has 0 aliphatic carbocycles. The van der Waals surface area contributed by atoms with Gasteiger partial charge in [0.25, 0.3) is 10.1 Å². The van der Waals surface area contributed by atoms with E-state index < -0.39 is 33.0 Å². The molecule has 1 atom stereocenters. The Morgan fingerprint density at radius 3 is 2.61 bits per heavy atom. The molecule has 0 saturated heterocycles. The van der Waals surface area contributed by atoms with Crippen LogP contribution in [0.25, 0.3) is 0 Å². The van der Waals surface area contributed by atoms with Crippen LogP contribution in [-0.2, 0) is 20.3 Å². The number of anilines is 1. The third-order valence-corrected chi connectivity index (χ3v) is 4.10. The summed E-state index contributed by atoms with van der Waals surface area (Å²) in [6.45, 7) is 1.38. The summed E-state index contributed by atoms with van der Waals surface area (Å²) >= 11 is 0. The predicted octanol–water partition coefficient (Wildman–Crippen LogP) is 0.948. The maximum Gasteiger partial charge on any atom is 0.266 e. The van der Waals surface area contributed by atoms with E-state index in [1.54, 1.807) is 0 Å². The quantitative estimate of drug-likeness (QED) is 0.814. The largest absolute Gasteiger partial charge is 0.314 e. The van der Waals surface area contributed by atoms with Crippen molar-refractivity contribution < 1.29 is 22.2 Å². The topological polar surface area (TPSA) is 74.7 Å². The van der Waals surface area contributed by atoms with Crippen LogP contribution in [0.15, 0.2) is 18.2 Å². The second-order valence-corrected chi connectivity index (χ2v) is 6.04. The average Bonchev–Trinajstić information content (AvgIpc) is 2.39. The number of rotatable bonds is 2. The Bertz CT molecular complexity index is 628. The first kappa shape index (κ1) is 13.0. The van der Waals surface area contributed by atoms with Gasteiger partial charge in [0.05, 0.1) is 11.2 Å². The number of hydrogen-bond donors (Lipinski definition) is 1. The standard InChI is InChI=1S/C11H12FNO4S/c1-11(6-18(15,16)17)8-5-7(12)3-4-9(8)13(2)10(11)14/h3-5H,6H2,1-2H3,(H,15,16,17). The summed E-state index contributed by atoms with van der Waals surface area (Å²) in [6.07, 6.45) is 0. The van der Waals surface area contributed by atoms with Gasteiger partial charge in [0, 0.05) is 12.7 Å². The lowest BCUT2D eigenvalue weighted by Crippen LogP contribution is -2.41. The Kier molecular flexibility index (Phi) is 2.71. The lowest BCUT2D eigenvalue weighted by molar-refractivity contribution is -0.121. The van der Waals surface area contributed by atoms with Crippen molar-refractivity contribution in [3.05, 3.63) is 29.6 Å². The first-order valence-corrected chi connectivity index (χ1v) is 6.79. The fourth-order valence-electron chi connectivity index (χ4n) is 2.34. The first-order chi connectivity index (χ1) is 8.15. The Balaban J connectivity index is 2.64. The molecule has 0 aromatic heterocycles. The third kappa shape index (κ3) is 1.89. The summed E-state index contributed by atoms with van der Waals surface area (Å²) in [5.74, 6) is -1.81. The van der Waals surface area contributed by atoms with Gasteiger partial charge in [-0.1, -0.05) is 0 Å². The first-order valence-electron chi connectivity index (χ1n) is 5.18. The minimum Gasteiger partial charge on any atom is -0.314 e. The SMILES string of the molecule is CN1C(=O)C(C)(CS(=O)(=O)O)c2cc(F)ccc21. The van der Waals surface area contributed by atoms with Crippen molar-refractivity contribution in [2.75, 3.05) is 17.7 Å². The molecule has 1 amide bonds. The van der Waals surface area contributed by atoms with Crippen LogP contribution < -0.4 is 4.90 Å². The second-order valence-electron chi connectivity index (χ2n) is 4.58. The minimum atomic E-state index is -4.35. The van der Waals surface area contributed by atoms with Gasteiger partial charge in [-0.25, -0.2) is 4.39 Å². The number of carbonyl (C=O) groups is 1. The predicted molar refractivity (Wildman–Crippen MR) is 63.6 cm³/mol. The number of amides is 1. The van der Waals surface area contributed by atoms with Crippen LogP contribution in [0.1, 0.15) is 12.5 Å². The van der Waals surface area contributed by atoms with Crippen molar-refractivity contribution in [3.8, 4) is 0 Å². The van der Waals surface area contributed by atoms with E-state index in [9.17, 15) is 17.6 Å². The summed E-state index contributed by atoms with van der Waals surface area (Å²) < 4.78 is 44.3. The van der Waals surface area contributed by atoms with Crippen LogP contribution >= 0.6 is 0 Å². The molecule has 1 aromatic rings. The second kappa shape index (κ2) is 3.76. The van der Waals surface area contributed by atoms with E-state index in [2.05, 4.69) is 0 Å². The number of likely N-dealkylation sites (N-methyl/N-ethyl adjacent to an activating group) is 1. The Hall–Kier alpha value is -1.47. The maximum absolute atomic E-state index is 13.3. The van der Waals surface area contributed by atoms with E-state index in [-0.39, 0.29) is 5.56 Å². The molecule has 1 unspecified atom stereocenters. The Labute approximate surface area is 104 Å². The van der Waals surface area contributed by atoms with Crippen molar-refractivity contribution in [1.29, 1.82) is 0 Å². The molecule has 98 valence electrons. The molecule has 2 rings (SSSR count). The molecule has 1 aromatic carbocycles. The number of carbonyl (C=O) groups excluding carboxylic acids is 1. The normalized spacial score (nSPS) is 23.3. The molecular formula is C11H12FNO4S. The fraction of sp³-hybridized carbons (Fsp3) is 0.364. The highest BCUT2D eigenvalue weighted by atomic mass is 32.2. The zero-order chi connectivity index (χ0) is 13.7. The third-order valence-electron chi connectivity index (χ3n) is 3.16. The van der Waals surface area contributed by atoms with Crippen LogP contribution in [0.3, 0.4) is 0 Å². The summed E-state index contributed by atoms with van der Waals surface area (Å²) in [5.41, 5.74) is -0.736. The van der Waals surface area contributed by atoms with Gasteiger partial charge in [-0.15, -0.1) is 0 Å². The van der Waals surface area contributed by atoms with Crippen LogP contribution in [0.5, 0.6) is 0 Å². The average molecular weight is 273 g/mol. The van der Waals surface area contributed by atoms with Crippen LogP contribution in [0, 0.1) is 5.82 Å². The molecule has 1 heterocycles. The van der Waals surface area contributed by atoms with Crippen molar-refractivity contribution in [1.82, 2.24) is 0 Å². The number of benzene rings is 1. The summed E-state index contributed by atoms with van der Waals surface area (Å²) in [5, 5.41) is 0. The van der Waals surface area contributed by atoms with E-state index in [4.69, 9.17) is 4.55 Å². The highest BCUT2D eigenvalue weighted by Crippen LogP contribution is 2.41. The molecule has 0 fully saturated rings. The minimum absolute atomic E-state index is 0.271. The zero-order valence-corrected chi connectivity index (χ0v) is 10.7. The van der Waals surface area contributed by atoms with Gasteiger partial charge in [-0.05, 0) is 30.7 Å². The van der Waals surface area contributed by atoms with Crippen LogP contribution in [0.2, 0.25) is 0 Å². The Morgan fingerprint density at radius 2 is 2.06 bits per heavy atom. The van der Waals surface area contributed by atoms with Gasteiger partial charge < -0.3 is 4.90 Å². The molecule has 0 radical (unpaired) electrons. The summed E-state index contributed by atoms with van der Waals surface area (Å²) in [4.78, 5) is 13.4. The molecule has 1 N–H and O–H groups in total. The van der Waals surface area contributed by atoms with Gasteiger partial charge in [-0.2, -0.15) is 8.42 Å². The van der Waals surface area contributed by atoms with E-state index in [1.807, 2.05) is 0 Å². The lowest BCUT2D eigenvalue weighted by Gasteiger charge is -2.21. The fourth-order valence-corrected chi connectivity index (χ4v) is 3.35.